The van der Waals surface area contributed by atoms with Crippen LogP contribution < -0.4 is 0 Å². The van der Waals surface area contributed by atoms with Gasteiger partial charge in [0.2, 0.25) is 20.8 Å². The molecular formula is C15H9ClN4O3S2. The first-order valence-corrected chi connectivity index (χ1v) is 9.91. The van der Waals surface area contributed by atoms with E-state index in [1.165, 1.54) is 11.3 Å². The molecule has 126 valence electrons. The highest BCUT2D eigenvalue weighted by Gasteiger charge is 2.29. The van der Waals surface area contributed by atoms with Gasteiger partial charge in [0.1, 0.15) is 10.7 Å². The van der Waals surface area contributed by atoms with Crippen LogP contribution in [0.1, 0.15) is 21.4 Å². The SMILES string of the molecule is CS(=O)(=O)c1ncc(Cl)c(C(=O)[C@H](C#N)c2nc3ccccc3s2)n1. The molecule has 2 aromatic heterocycles. The van der Waals surface area contributed by atoms with Crippen LogP contribution in [-0.4, -0.2) is 35.4 Å². The number of hydrogen-bond acceptors (Lipinski definition) is 8. The van der Waals surface area contributed by atoms with Crippen molar-refractivity contribution >= 4 is 48.8 Å². The second-order valence-electron chi connectivity index (χ2n) is 5.07. The van der Waals surface area contributed by atoms with E-state index in [0.717, 1.165) is 17.2 Å². The number of thiazole rings is 1. The third-order valence-electron chi connectivity index (χ3n) is 3.24. The van der Waals surface area contributed by atoms with E-state index in [1.807, 2.05) is 18.2 Å². The number of nitrogens with zero attached hydrogens (tertiary/aromatic N) is 4. The maximum Gasteiger partial charge on any atom is 0.247 e. The van der Waals surface area contributed by atoms with Crippen LogP contribution in [0.4, 0.5) is 0 Å². The summed E-state index contributed by atoms with van der Waals surface area (Å²) in [5, 5.41) is 9.09. The molecule has 0 saturated carbocycles. The molecule has 1 atom stereocenters. The molecule has 10 heteroatoms. The molecular weight excluding hydrogens is 384 g/mol. The van der Waals surface area contributed by atoms with Gasteiger partial charge in [-0.3, -0.25) is 4.79 Å². The molecule has 0 fully saturated rings. The van der Waals surface area contributed by atoms with Gasteiger partial charge in [-0.1, -0.05) is 23.7 Å². The number of aromatic nitrogens is 3. The summed E-state index contributed by atoms with van der Waals surface area (Å²) in [5.74, 6) is -1.96. The number of Topliss-reactive ketones (excluding diaryl/α,β-unsaturated/α-hetero) is 1. The zero-order chi connectivity index (χ0) is 18.2. The minimum Gasteiger partial charge on any atom is -0.290 e. The van der Waals surface area contributed by atoms with Gasteiger partial charge in [0, 0.05) is 6.26 Å². The Bertz CT molecular complexity index is 1100. The molecule has 0 aliphatic rings. The monoisotopic (exact) mass is 392 g/mol. The molecule has 0 amide bonds. The van der Waals surface area contributed by atoms with Crippen LogP contribution in [0.5, 0.6) is 0 Å². The number of fused-ring (bicyclic) bond motifs is 1. The van der Waals surface area contributed by atoms with Crippen LogP contribution >= 0.6 is 22.9 Å². The van der Waals surface area contributed by atoms with E-state index in [9.17, 15) is 18.5 Å². The minimum atomic E-state index is -3.72. The lowest BCUT2D eigenvalue weighted by Gasteiger charge is -2.07. The molecule has 3 rings (SSSR count). The van der Waals surface area contributed by atoms with Crippen LogP contribution in [0, 0.1) is 11.3 Å². The quantitative estimate of drug-likeness (QED) is 0.495. The molecule has 0 radical (unpaired) electrons. The number of hydrogen-bond donors (Lipinski definition) is 0. The van der Waals surface area contributed by atoms with Crippen LogP contribution in [0.3, 0.4) is 0 Å². The van der Waals surface area contributed by atoms with Crippen molar-refractivity contribution in [1.29, 1.82) is 5.26 Å². The molecule has 3 aromatic rings. The fourth-order valence-electron chi connectivity index (χ4n) is 2.08. The summed E-state index contributed by atoms with van der Waals surface area (Å²) >= 11 is 7.15. The van der Waals surface area contributed by atoms with Gasteiger partial charge in [0.15, 0.2) is 5.92 Å². The highest BCUT2D eigenvalue weighted by molar-refractivity contribution is 7.90. The van der Waals surface area contributed by atoms with E-state index < -0.39 is 26.7 Å². The van der Waals surface area contributed by atoms with Gasteiger partial charge in [-0.15, -0.1) is 11.3 Å². The molecule has 1 aromatic carbocycles. The summed E-state index contributed by atoms with van der Waals surface area (Å²) in [5.41, 5.74) is 0.351. The summed E-state index contributed by atoms with van der Waals surface area (Å²) in [7, 11) is -3.72. The predicted molar refractivity (Wildman–Crippen MR) is 92.5 cm³/mol. The Morgan fingerprint density at radius 3 is 2.68 bits per heavy atom. The molecule has 7 nitrogen and oxygen atoms in total. The van der Waals surface area contributed by atoms with E-state index in [1.54, 1.807) is 12.1 Å². The average Bonchev–Trinajstić information content (AvgIpc) is 2.98. The lowest BCUT2D eigenvalue weighted by Crippen LogP contribution is -2.16. The number of carbonyl (C=O) groups excluding carboxylic acids is 1. The highest BCUT2D eigenvalue weighted by atomic mass is 35.5. The summed E-state index contributed by atoms with van der Waals surface area (Å²) in [6, 6.07) is 9.12. The number of sulfone groups is 1. The molecule has 0 bridgehead atoms. The van der Waals surface area contributed by atoms with Gasteiger partial charge in [-0.25, -0.2) is 23.4 Å². The normalized spacial score (nSPS) is 12.7. The number of benzene rings is 1. The summed E-state index contributed by atoms with van der Waals surface area (Å²) in [4.78, 5) is 24.4. The van der Waals surface area contributed by atoms with Crippen molar-refractivity contribution in [3.05, 3.63) is 46.2 Å². The number of halogens is 1. The number of rotatable bonds is 4. The van der Waals surface area contributed by atoms with Crippen LogP contribution in [-0.2, 0) is 9.84 Å². The van der Waals surface area contributed by atoms with Crippen molar-refractivity contribution in [2.24, 2.45) is 0 Å². The first kappa shape index (κ1) is 17.4. The van der Waals surface area contributed by atoms with Crippen molar-refractivity contribution in [2.75, 3.05) is 6.26 Å². The Kier molecular flexibility index (Phi) is 4.51. The fourth-order valence-corrected chi connectivity index (χ4v) is 3.78. The van der Waals surface area contributed by atoms with Crippen molar-refractivity contribution in [3.8, 4) is 6.07 Å². The van der Waals surface area contributed by atoms with E-state index in [-0.39, 0.29) is 10.7 Å². The summed E-state index contributed by atoms with van der Waals surface area (Å²) in [6.07, 6.45) is 1.95. The Labute approximate surface area is 151 Å². The third kappa shape index (κ3) is 3.37. The third-order valence-corrected chi connectivity index (χ3v) is 5.47. The lowest BCUT2D eigenvalue weighted by molar-refractivity contribution is 0.0973. The molecule has 2 heterocycles. The van der Waals surface area contributed by atoms with Gasteiger partial charge in [-0.2, -0.15) is 5.26 Å². The van der Waals surface area contributed by atoms with Gasteiger partial charge in [0.25, 0.3) is 0 Å². The van der Waals surface area contributed by atoms with Crippen molar-refractivity contribution < 1.29 is 13.2 Å². The van der Waals surface area contributed by atoms with Gasteiger partial charge in [-0.05, 0) is 12.1 Å². The Morgan fingerprint density at radius 2 is 2.04 bits per heavy atom. The summed E-state index contributed by atoms with van der Waals surface area (Å²) in [6.45, 7) is 0. The lowest BCUT2D eigenvalue weighted by atomic mass is 10.0. The topological polar surface area (TPSA) is 114 Å². The maximum absolute atomic E-state index is 12.7. The van der Waals surface area contributed by atoms with Gasteiger partial charge in [0.05, 0.1) is 27.5 Å². The summed E-state index contributed by atoms with van der Waals surface area (Å²) < 4.78 is 24.0. The molecule has 25 heavy (non-hydrogen) atoms. The van der Waals surface area contributed by atoms with Crippen molar-refractivity contribution in [2.45, 2.75) is 11.1 Å². The second kappa shape index (κ2) is 6.48. The zero-order valence-electron chi connectivity index (χ0n) is 12.7. The molecule has 0 aliphatic carbocycles. The second-order valence-corrected chi connectivity index (χ2v) is 8.45. The first-order valence-electron chi connectivity index (χ1n) is 6.83. The van der Waals surface area contributed by atoms with Crippen molar-refractivity contribution in [3.63, 3.8) is 0 Å². The Balaban J connectivity index is 2.08. The molecule has 0 unspecified atom stereocenters. The zero-order valence-corrected chi connectivity index (χ0v) is 15.1. The number of carbonyl (C=O) groups is 1. The van der Waals surface area contributed by atoms with Crippen LogP contribution in [0.15, 0.2) is 35.6 Å². The van der Waals surface area contributed by atoms with Gasteiger partial charge >= 0.3 is 0 Å². The highest BCUT2D eigenvalue weighted by Crippen LogP contribution is 2.30. The Hall–Kier alpha value is -2.41. The fraction of sp³-hybridized carbons (Fsp3) is 0.133. The van der Waals surface area contributed by atoms with E-state index in [4.69, 9.17) is 11.6 Å². The van der Waals surface area contributed by atoms with Crippen LogP contribution in [0.2, 0.25) is 5.02 Å². The molecule has 0 aliphatic heterocycles. The maximum atomic E-state index is 12.7. The average molecular weight is 393 g/mol. The molecule has 0 saturated heterocycles. The molecule has 0 spiro atoms. The van der Waals surface area contributed by atoms with E-state index in [2.05, 4.69) is 15.0 Å². The minimum absolute atomic E-state index is 0.126. The Morgan fingerprint density at radius 1 is 1.32 bits per heavy atom. The predicted octanol–water partition coefficient (Wildman–Crippen LogP) is 2.63. The first-order chi connectivity index (χ1) is 11.8. The largest absolute Gasteiger partial charge is 0.290 e. The smallest absolute Gasteiger partial charge is 0.247 e. The van der Waals surface area contributed by atoms with Crippen LogP contribution in [0.25, 0.3) is 10.2 Å². The number of para-hydroxylation sites is 1. The van der Waals surface area contributed by atoms with Crippen molar-refractivity contribution in [1.82, 2.24) is 15.0 Å². The standard InChI is InChI=1S/C15H9ClN4O3S2/c1-25(22,23)15-18-7-9(16)12(20-15)13(21)8(6-17)14-19-10-4-2-3-5-11(10)24-14/h2-5,7-8H,1H3/t8-/m0/s1. The number of nitriles is 1. The van der Waals surface area contributed by atoms with E-state index >= 15 is 0 Å². The molecule has 0 N–H and O–H groups in total. The van der Waals surface area contributed by atoms with Gasteiger partial charge < -0.3 is 0 Å². The van der Waals surface area contributed by atoms with E-state index in [0.29, 0.717) is 10.5 Å². The number of ketones is 1.